The third kappa shape index (κ3) is 6.42. The largest absolute Gasteiger partial charge is 0.303 e. The number of rotatable bonds is 12. The molecule has 0 radical (unpaired) electrons. The van der Waals surface area contributed by atoms with Crippen molar-refractivity contribution in [1.82, 2.24) is 14.6 Å². The minimum absolute atomic E-state index is 0.248. The Morgan fingerprint density at radius 3 is 2.33 bits per heavy atom. The molecule has 0 aliphatic heterocycles. The summed E-state index contributed by atoms with van der Waals surface area (Å²) in [6, 6.07) is 6.77. The number of unbranched alkanes of at least 4 members (excludes halogenated alkanes) is 2. The number of aromatic nitrogens is 1. The normalized spacial score (nSPS) is 12.1. The molecule has 0 saturated heterocycles. The number of sulfonamides is 1. The fourth-order valence-electron chi connectivity index (χ4n) is 3.06. The van der Waals surface area contributed by atoms with Crippen molar-refractivity contribution in [3.8, 4) is 0 Å². The fraction of sp³-hybridized carbons (Fsp3) is 0.550. The van der Waals surface area contributed by atoms with Gasteiger partial charge in [0.25, 0.3) is 0 Å². The summed E-state index contributed by atoms with van der Waals surface area (Å²) in [5, 5.41) is 1.55. The van der Waals surface area contributed by atoms with E-state index >= 15 is 0 Å². The van der Waals surface area contributed by atoms with Gasteiger partial charge in [0.15, 0.2) is 0 Å². The van der Waals surface area contributed by atoms with Crippen molar-refractivity contribution < 1.29 is 8.42 Å². The SMILES string of the molecule is CCCCN(CCCC)CCCNS(=O)(=O)c1cccc2c(Cl)nccc12. The van der Waals surface area contributed by atoms with Gasteiger partial charge in [-0.05, 0) is 51.0 Å². The number of hydrogen-bond acceptors (Lipinski definition) is 4. The lowest BCUT2D eigenvalue weighted by Gasteiger charge is -2.22. The second kappa shape index (κ2) is 11.0. The number of nitrogens with one attached hydrogen (secondary N) is 1. The van der Waals surface area contributed by atoms with E-state index in [1.807, 2.05) is 0 Å². The van der Waals surface area contributed by atoms with Gasteiger partial charge >= 0.3 is 0 Å². The summed E-state index contributed by atoms with van der Waals surface area (Å²) < 4.78 is 28.3. The van der Waals surface area contributed by atoms with E-state index in [9.17, 15) is 8.42 Å². The van der Waals surface area contributed by atoms with Crippen LogP contribution in [-0.4, -0.2) is 44.5 Å². The third-order valence-corrected chi connectivity index (χ3v) is 6.43. The Morgan fingerprint density at radius 2 is 1.67 bits per heavy atom. The highest BCUT2D eigenvalue weighted by Gasteiger charge is 2.17. The first-order valence-electron chi connectivity index (χ1n) is 9.74. The summed E-state index contributed by atoms with van der Waals surface area (Å²) in [6.07, 6.45) is 7.03. The highest BCUT2D eigenvalue weighted by Crippen LogP contribution is 2.26. The molecular weight excluding hydrogens is 382 g/mol. The number of fused-ring (bicyclic) bond motifs is 1. The van der Waals surface area contributed by atoms with Gasteiger partial charge in [-0.1, -0.05) is 50.4 Å². The van der Waals surface area contributed by atoms with Crippen molar-refractivity contribution >= 4 is 32.4 Å². The average Bonchev–Trinajstić information content (AvgIpc) is 2.66. The zero-order valence-electron chi connectivity index (χ0n) is 16.2. The zero-order valence-corrected chi connectivity index (χ0v) is 17.8. The van der Waals surface area contributed by atoms with Crippen LogP contribution in [0.25, 0.3) is 10.8 Å². The Hall–Kier alpha value is -1.21. The molecule has 150 valence electrons. The Bertz CT molecular complexity index is 819. The molecular formula is C20H30ClN3O2S. The van der Waals surface area contributed by atoms with Gasteiger partial charge in [0.05, 0.1) is 4.90 Å². The molecule has 27 heavy (non-hydrogen) atoms. The van der Waals surface area contributed by atoms with Gasteiger partial charge in [-0.3, -0.25) is 0 Å². The van der Waals surface area contributed by atoms with Crippen molar-refractivity contribution in [2.75, 3.05) is 26.2 Å². The fourth-order valence-corrected chi connectivity index (χ4v) is 4.58. The molecule has 0 saturated carbocycles. The van der Waals surface area contributed by atoms with Gasteiger partial charge in [0.2, 0.25) is 10.0 Å². The summed E-state index contributed by atoms with van der Waals surface area (Å²) in [4.78, 5) is 6.70. The van der Waals surface area contributed by atoms with Gasteiger partial charge in [-0.25, -0.2) is 18.1 Å². The lowest BCUT2D eigenvalue weighted by molar-refractivity contribution is 0.262. The molecule has 2 rings (SSSR count). The molecule has 0 amide bonds. The lowest BCUT2D eigenvalue weighted by Crippen LogP contribution is -2.31. The highest BCUT2D eigenvalue weighted by molar-refractivity contribution is 7.89. The molecule has 1 N–H and O–H groups in total. The molecule has 0 unspecified atom stereocenters. The summed E-state index contributed by atoms with van der Waals surface area (Å²) in [7, 11) is -3.59. The maximum Gasteiger partial charge on any atom is 0.241 e. The number of hydrogen-bond donors (Lipinski definition) is 1. The second-order valence-corrected chi connectivity index (χ2v) is 8.85. The minimum atomic E-state index is -3.59. The maximum atomic E-state index is 12.8. The van der Waals surface area contributed by atoms with Crippen LogP contribution in [0.1, 0.15) is 46.0 Å². The van der Waals surface area contributed by atoms with E-state index in [0.717, 1.165) is 26.1 Å². The Kier molecular flexibility index (Phi) is 8.96. The zero-order chi connectivity index (χ0) is 19.7. The van der Waals surface area contributed by atoms with Crippen LogP contribution in [0.15, 0.2) is 35.4 Å². The van der Waals surface area contributed by atoms with Crippen LogP contribution in [0.5, 0.6) is 0 Å². The molecule has 1 heterocycles. The quantitative estimate of drug-likeness (QED) is 0.413. The van der Waals surface area contributed by atoms with Crippen LogP contribution >= 0.6 is 11.6 Å². The van der Waals surface area contributed by atoms with Crippen LogP contribution in [0.2, 0.25) is 5.15 Å². The summed E-state index contributed by atoms with van der Waals surface area (Å²) >= 11 is 6.09. The number of halogens is 1. The molecule has 0 atom stereocenters. The molecule has 0 bridgehead atoms. The van der Waals surface area contributed by atoms with Crippen molar-refractivity contribution in [1.29, 1.82) is 0 Å². The van der Waals surface area contributed by atoms with E-state index in [1.165, 1.54) is 31.9 Å². The smallest absolute Gasteiger partial charge is 0.241 e. The number of pyridine rings is 1. The lowest BCUT2D eigenvalue weighted by atomic mass is 10.2. The predicted molar refractivity (Wildman–Crippen MR) is 113 cm³/mol. The minimum Gasteiger partial charge on any atom is -0.303 e. The summed E-state index contributed by atoms with van der Waals surface area (Å²) in [6.45, 7) is 7.88. The van der Waals surface area contributed by atoms with Crippen molar-refractivity contribution in [3.05, 3.63) is 35.6 Å². The van der Waals surface area contributed by atoms with Crippen LogP contribution in [0.4, 0.5) is 0 Å². The molecule has 0 aliphatic rings. The molecule has 2 aromatic rings. The maximum absolute atomic E-state index is 12.8. The Balaban J connectivity index is 1.98. The van der Waals surface area contributed by atoms with Crippen molar-refractivity contribution in [3.63, 3.8) is 0 Å². The standard InChI is InChI=1S/C20H30ClN3O2S/c1-3-5-14-24(15-6-4-2)16-8-12-23-27(25,26)19-10-7-9-18-17(19)11-13-22-20(18)21/h7,9-11,13,23H,3-6,8,12,14-16H2,1-2H3. The molecule has 1 aromatic heterocycles. The van der Waals surface area contributed by atoms with E-state index in [2.05, 4.69) is 28.5 Å². The van der Waals surface area contributed by atoms with Crippen LogP contribution in [0.3, 0.4) is 0 Å². The molecule has 1 aromatic carbocycles. The van der Waals surface area contributed by atoms with Crippen molar-refractivity contribution in [2.45, 2.75) is 50.8 Å². The Labute approximate surface area is 168 Å². The number of nitrogens with zero attached hydrogens (tertiary/aromatic N) is 2. The van der Waals surface area contributed by atoms with Gasteiger partial charge in [-0.2, -0.15) is 0 Å². The average molecular weight is 412 g/mol. The predicted octanol–water partition coefficient (Wildman–Crippen LogP) is 4.46. The monoisotopic (exact) mass is 411 g/mol. The van der Waals surface area contributed by atoms with Crippen LogP contribution < -0.4 is 4.72 Å². The Morgan fingerprint density at radius 1 is 1.00 bits per heavy atom. The van der Waals surface area contributed by atoms with Gasteiger partial charge in [0.1, 0.15) is 5.15 Å². The van der Waals surface area contributed by atoms with Gasteiger partial charge in [-0.15, -0.1) is 0 Å². The molecule has 0 fully saturated rings. The molecule has 7 heteroatoms. The van der Waals surface area contributed by atoms with Crippen molar-refractivity contribution in [2.24, 2.45) is 0 Å². The molecule has 0 spiro atoms. The van der Waals surface area contributed by atoms with Gasteiger partial charge in [0, 0.05) is 23.5 Å². The van der Waals surface area contributed by atoms with E-state index in [-0.39, 0.29) is 4.90 Å². The first-order chi connectivity index (χ1) is 13.0. The van der Waals surface area contributed by atoms with Crippen LogP contribution in [0, 0.1) is 0 Å². The van der Waals surface area contributed by atoms with Crippen LogP contribution in [-0.2, 0) is 10.0 Å². The second-order valence-electron chi connectivity index (χ2n) is 6.75. The molecule has 0 aliphatic carbocycles. The van der Waals surface area contributed by atoms with E-state index in [4.69, 9.17) is 11.6 Å². The summed E-state index contributed by atoms with van der Waals surface area (Å²) in [5.41, 5.74) is 0. The van der Waals surface area contributed by atoms with E-state index < -0.39 is 10.0 Å². The number of benzene rings is 1. The van der Waals surface area contributed by atoms with E-state index in [0.29, 0.717) is 22.5 Å². The van der Waals surface area contributed by atoms with E-state index in [1.54, 1.807) is 24.3 Å². The topological polar surface area (TPSA) is 62.3 Å². The summed E-state index contributed by atoms with van der Waals surface area (Å²) in [5.74, 6) is 0. The highest BCUT2D eigenvalue weighted by atomic mass is 35.5. The first kappa shape index (κ1) is 22.1. The first-order valence-corrected chi connectivity index (χ1v) is 11.6. The molecule has 5 nitrogen and oxygen atoms in total. The van der Waals surface area contributed by atoms with Gasteiger partial charge < -0.3 is 4.90 Å². The third-order valence-electron chi connectivity index (χ3n) is 4.61.